The molecule has 0 heterocycles. The minimum absolute atomic E-state index is 0.0117. The molecule has 0 aliphatic carbocycles. The highest BCUT2D eigenvalue weighted by Gasteiger charge is 2.20. The van der Waals surface area contributed by atoms with Gasteiger partial charge in [-0.05, 0) is 18.7 Å². The molecule has 3 heteroatoms. The number of hydrogen-bond donors (Lipinski definition) is 2. The lowest BCUT2D eigenvalue weighted by molar-refractivity contribution is 0.218. The van der Waals surface area contributed by atoms with Crippen molar-refractivity contribution in [1.29, 1.82) is 0 Å². The Hall–Kier alpha value is -0.930. The molecule has 0 radical (unpaired) electrons. The van der Waals surface area contributed by atoms with Crippen LogP contribution in [0.4, 0.5) is 4.39 Å². The van der Waals surface area contributed by atoms with Gasteiger partial charge in [-0.3, -0.25) is 0 Å². The molecule has 84 valence electrons. The van der Waals surface area contributed by atoms with Gasteiger partial charge in [-0.1, -0.05) is 26.0 Å². The van der Waals surface area contributed by atoms with Crippen LogP contribution in [0.5, 0.6) is 0 Å². The summed E-state index contributed by atoms with van der Waals surface area (Å²) in [7, 11) is 1.78. The van der Waals surface area contributed by atoms with Crippen molar-refractivity contribution in [2.24, 2.45) is 0 Å². The molecule has 0 saturated carbocycles. The first-order valence-electron chi connectivity index (χ1n) is 5.05. The van der Waals surface area contributed by atoms with E-state index in [1.165, 1.54) is 6.07 Å². The fourth-order valence-electron chi connectivity index (χ4n) is 1.39. The molecule has 0 aromatic heterocycles. The zero-order valence-corrected chi connectivity index (χ0v) is 9.47. The fraction of sp³-hybridized carbons (Fsp3) is 0.500. The SMILES string of the molecule is CNCc1ccc(C(C)(C)CO)cc1F. The topological polar surface area (TPSA) is 32.3 Å². The molecular formula is C12H18FNO. The quantitative estimate of drug-likeness (QED) is 0.796. The van der Waals surface area contributed by atoms with Crippen LogP contribution >= 0.6 is 0 Å². The highest BCUT2D eigenvalue weighted by atomic mass is 19.1. The molecule has 0 spiro atoms. The van der Waals surface area contributed by atoms with Crippen LogP contribution in [0.2, 0.25) is 0 Å². The summed E-state index contributed by atoms with van der Waals surface area (Å²) in [5.74, 6) is -0.219. The molecule has 0 atom stereocenters. The van der Waals surface area contributed by atoms with Crippen molar-refractivity contribution in [1.82, 2.24) is 5.32 Å². The van der Waals surface area contributed by atoms with Gasteiger partial charge in [0.15, 0.2) is 0 Å². The lowest BCUT2D eigenvalue weighted by Gasteiger charge is -2.22. The molecule has 0 aliphatic rings. The van der Waals surface area contributed by atoms with E-state index in [1.54, 1.807) is 13.1 Å². The summed E-state index contributed by atoms with van der Waals surface area (Å²) in [6.45, 7) is 4.31. The zero-order chi connectivity index (χ0) is 11.5. The van der Waals surface area contributed by atoms with Crippen LogP contribution < -0.4 is 5.32 Å². The minimum Gasteiger partial charge on any atom is -0.395 e. The number of aliphatic hydroxyl groups is 1. The summed E-state index contributed by atoms with van der Waals surface area (Å²) < 4.78 is 13.6. The van der Waals surface area contributed by atoms with Gasteiger partial charge in [-0.25, -0.2) is 4.39 Å². The van der Waals surface area contributed by atoms with E-state index >= 15 is 0 Å². The van der Waals surface area contributed by atoms with Crippen molar-refractivity contribution in [3.05, 3.63) is 35.1 Å². The smallest absolute Gasteiger partial charge is 0.127 e. The van der Waals surface area contributed by atoms with Gasteiger partial charge in [0.2, 0.25) is 0 Å². The van der Waals surface area contributed by atoms with Gasteiger partial charge in [0.05, 0.1) is 6.61 Å². The monoisotopic (exact) mass is 211 g/mol. The second kappa shape index (κ2) is 4.73. The molecule has 1 rings (SSSR count). The Labute approximate surface area is 90.1 Å². The Morgan fingerprint density at radius 1 is 1.40 bits per heavy atom. The summed E-state index contributed by atoms with van der Waals surface area (Å²) in [6, 6.07) is 5.13. The average molecular weight is 211 g/mol. The van der Waals surface area contributed by atoms with Gasteiger partial charge in [-0.2, -0.15) is 0 Å². The van der Waals surface area contributed by atoms with Crippen LogP contribution in [0.1, 0.15) is 25.0 Å². The normalized spacial score (nSPS) is 11.8. The molecule has 0 aliphatic heterocycles. The third kappa shape index (κ3) is 2.76. The molecule has 0 bridgehead atoms. The Morgan fingerprint density at radius 2 is 2.07 bits per heavy atom. The van der Waals surface area contributed by atoms with Crippen LogP contribution in [0.15, 0.2) is 18.2 Å². The molecule has 0 amide bonds. The van der Waals surface area contributed by atoms with Gasteiger partial charge < -0.3 is 10.4 Å². The van der Waals surface area contributed by atoms with Crippen molar-refractivity contribution in [3.63, 3.8) is 0 Å². The van der Waals surface area contributed by atoms with E-state index in [0.717, 1.165) is 5.56 Å². The van der Waals surface area contributed by atoms with Crippen LogP contribution in [0, 0.1) is 5.82 Å². The van der Waals surface area contributed by atoms with Gasteiger partial charge in [0.1, 0.15) is 5.82 Å². The second-order valence-corrected chi connectivity index (χ2v) is 4.38. The van der Waals surface area contributed by atoms with Crippen molar-refractivity contribution in [3.8, 4) is 0 Å². The number of halogens is 1. The lowest BCUT2D eigenvalue weighted by atomic mass is 9.85. The molecular weight excluding hydrogens is 193 g/mol. The van der Waals surface area contributed by atoms with E-state index in [9.17, 15) is 9.50 Å². The predicted molar refractivity (Wildman–Crippen MR) is 59.3 cm³/mol. The van der Waals surface area contributed by atoms with Crippen LogP contribution in [-0.2, 0) is 12.0 Å². The minimum atomic E-state index is -0.390. The maximum atomic E-state index is 13.6. The van der Waals surface area contributed by atoms with Gasteiger partial charge in [0, 0.05) is 17.5 Å². The summed E-state index contributed by atoms with van der Waals surface area (Å²) in [5.41, 5.74) is 1.08. The van der Waals surface area contributed by atoms with Crippen LogP contribution in [0.25, 0.3) is 0 Å². The Bertz CT molecular complexity index is 336. The first-order chi connectivity index (χ1) is 7.01. The highest BCUT2D eigenvalue weighted by Crippen LogP contribution is 2.24. The molecule has 2 N–H and O–H groups in total. The van der Waals surface area contributed by atoms with Gasteiger partial charge >= 0.3 is 0 Å². The number of benzene rings is 1. The summed E-state index contributed by atoms with van der Waals surface area (Å²) in [4.78, 5) is 0. The second-order valence-electron chi connectivity index (χ2n) is 4.38. The third-order valence-corrected chi connectivity index (χ3v) is 2.60. The van der Waals surface area contributed by atoms with Gasteiger partial charge in [0.25, 0.3) is 0 Å². The number of nitrogens with one attached hydrogen (secondary N) is 1. The van der Waals surface area contributed by atoms with E-state index < -0.39 is 0 Å². The number of hydrogen-bond acceptors (Lipinski definition) is 2. The lowest BCUT2D eigenvalue weighted by Crippen LogP contribution is -2.22. The van der Waals surface area contributed by atoms with Crippen LogP contribution in [0.3, 0.4) is 0 Å². The number of aliphatic hydroxyl groups excluding tert-OH is 1. The van der Waals surface area contributed by atoms with Crippen molar-refractivity contribution in [2.75, 3.05) is 13.7 Å². The molecule has 15 heavy (non-hydrogen) atoms. The molecule has 1 aromatic carbocycles. The Kier molecular flexibility index (Phi) is 3.83. The van der Waals surface area contributed by atoms with E-state index in [4.69, 9.17) is 0 Å². The average Bonchev–Trinajstić information content (AvgIpc) is 2.21. The fourth-order valence-corrected chi connectivity index (χ4v) is 1.39. The molecule has 0 saturated heterocycles. The van der Waals surface area contributed by atoms with Gasteiger partial charge in [-0.15, -0.1) is 0 Å². The van der Waals surface area contributed by atoms with Crippen LogP contribution in [-0.4, -0.2) is 18.8 Å². The first-order valence-corrected chi connectivity index (χ1v) is 5.05. The zero-order valence-electron chi connectivity index (χ0n) is 9.47. The maximum absolute atomic E-state index is 13.6. The number of rotatable bonds is 4. The molecule has 0 fully saturated rings. The Morgan fingerprint density at radius 3 is 2.53 bits per heavy atom. The Balaban J connectivity index is 3.01. The largest absolute Gasteiger partial charge is 0.395 e. The molecule has 1 aromatic rings. The first kappa shape index (κ1) is 12.1. The molecule has 2 nitrogen and oxygen atoms in total. The van der Waals surface area contributed by atoms with Crippen molar-refractivity contribution in [2.45, 2.75) is 25.8 Å². The highest BCUT2D eigenvalue weighted by molar-refractivity contribution is 5.29. The summed E-state index contributed by atoms with van der Waals surface area (Å²) in [5, 5.41) is 12.1. The maximum Gasteiger partial charge on any atom is 0.127 e. The summed E-state index contributed by atoms with van der Waals surface area (Å²) >= 11 is 0. The van der Waals surface area contributed by atoms with E-state index in [0.29, 0.717) is 12.1 Å². The van der Waals surface area contributed by atoms with E-state index in [2.05, 4.69) is 5.32 Å². The van der Waals surface area contributed by atoms with Crippen molar-refractivity contribution >= 4 is 0 Å². The van der Waals surface area contributed by atoms with E-state index in [1.807, 2.05) is 19.9 Å². The van der Waals surface area contributed by atoms with Crippen molar-refractivity contribution < 1.29 is 9.50 Å². The summed E-state index contributed by atoms with van der Waals surface area (Å²) in [6.07, 6.45) is 0. The standard InChI is InChI=1S/C12H18FNO/c1-12(2,8-15)10-5-4-9(7-14-3)11(13)6-10/h4-6,14-15H,7-8H2,1-3H3. The van der Waals surface area contributed by atoms with E-state index in [-0.39, 0.29) is 17.8 Å². The molecule has 0 unspecified atom stereocenters. The third-order valence-electron chi connectivity index (χ3n) is 2.60. The predicted octanol–water partition coefficient (Wildman–Crippen LogP) is 1.81.